The first-order valence-electron chi connectivity index (χ1n) is 3.66. The molecule has 1 unspecified atom stereocenters. The summed E-state index contributed by atoms with van der Waals surface area (Å²) in [6.07, 6.45) is 0.380. The summed E-state index contributed by atoms with van der Waals surface area (Å²) in [5, 5.41) is 9.23. The zero-order valence-corrected chi connectivity index (χ0v) is 7.17. The quantitative estimate of drug-likeness (QED) is 0.656. The van der Waals surface area contributed by atoms with E-state index in [0.717, 1.165) is 5.56 Å². The lowest BCUT2D eigenvalue weighted by Gasteiger charge is -2.05. The molecule has 60 valence electrons. The van der Waals surface area contributed by atoms with E-state index in [1.165, 1.54) is 0 Å². The van der Waals surface area contributed by atoms with Crippen LogP contribution in [0.5, 0.6) is 0 Å². The Balaban J connectivity index is 2.51. The molecular weight excluding hydrogens is 156 g/mol. The van der Waals surface area contributed by atoms with Crippen molar-refractivity contribution in [3.05, 3.63) is 35.9 Å². The minimum Gasteiger partial charge on any atom is -0.392 e. The van der Waals surface area contributed by atoms with Gasteiger partial charge in [-0.3, -0.25) is 0 Å². The molecule has 0 aromatic heterocycles. The third-order valence-electron chi connectivity index (χ3n) is 1.52. The summed E-state index contributed by atoms with van der Waals surface area (Å²) >= 11 is 4.00. The van der Waals surface area contributed by atoms with Crippen molar-refractivity contribution in [2.45, 2.75) is 12.5 Å². The number of hydrogen-bond acceptors (Lipinski definition) is 2. The van der Waals surface area contributed by atoms with Gasteiger partial charge in [-0.1, -0.05) is 30.3 Å². The molecule has 0 saturated carbocycles. The first kappa shape index (κ1) is 8.62. The topological polar surface area (TPSA) is 20.2 Å². The second-order valence-electron chi connectivity index (χ2n) is 2.53. The number of hydrogen-bond donors (Lipinski definition) is 2. The molecule has 0 aliphatic rings. The Labute approximate surface area is 72.5 Å². The third kappa shape index (κ3) is 2.95. The fraction of sp³-hybridized carbons (Fsp3) is 0.333. The molecule has 1 nitrogen and oxygen atoms in total. The Morgan fingerprint density at radius 3 is 2.45 bits per heavy atom. The first-order chi connectivity index (χ1) is 5.33. The number of aliphatic hydroxyl groups is 1. The molecule has 1 aromatic carbocycles. The van der Waals surface area contributed by atoms with Gasteiger partial charge in [-0.25, -0.2) is 0 Å². The highest BCUT2D eigenvalue weighted by atomic mass is 32.1. The van der Waals surface area contributed by atoms with Crippen LogP contribution < -0.4 is 0 Å². The standard InChI is InChI=1S/C9H12OS/c10-9(7-11)6-8-4-2-1-3-5-8/h1-5,9-11H,6-7H2. The molecule has 0 heterocycles. The normalized spacial score (nSPS) is 12.9. The van der Waals surface area contributed by atoms with Gasteiger partial charge in [0.05, 0.1) is 6.10 Å². The van der Waals surface area contributed by atoms with Crippen molar-refractivity contribution in [1.29, 1.82) is 0 Å². The summed E-state index contributed by atoms with van der Waals surface area (Å²) in [5.41, 5.74) is 1.16. The summed E-state index contributed by atoms with van der Waals surface area (Å²) in [6, 6.07) is 9.93. The number of rotatable bonds is 3. The van der Waals surface area contributed by atoms with E-state index in [9.17, 15) is 5.11 Å². The molecule has 11 heavy (non-hydrogen) atoms. The van der Waals surface area contributed by atoms with Crippen LogP contribution in [0.2, 0.25) is 0 Å². The van der Waals surface area contributed by atoms with Crippen LogP contribution in [0.1, 0.15) is 5.56 Å². The third-order valence-corrected chi connectivity index (χ3v) is 1.95. The number of thiol groups is 1. The maximum absolute atomic E-state index is 9.23. The number of aliphatic hydroxyl groups excluding tert-OH is 1. The van der Waals surface area contributed by atoms with Gasteiger partial charge in [0.15, 0.2) is 0 Å². The van der Waals surface area contributed by atoms with E-state index in [2.05, 4.69) is 12.6 Å². The molecule has 1 atom stereocenters. The molecule has 1 N–H and O–H groups in total. The van der Waals surface area contributed by atoms with Crippen LogP contribution in [0.3, 0.4) is 0 Å². The van der Waals surface area contributed by atoms with Crippen molar-refractivity contribution in [3.63, 3.8) is 0 Å². The summed E-state index contributed by atoms with van der Waals surface area (Å²) in [5.74, 6) is 0.523. The summed E-state index contributed by atoms with van der Waals surface area (Å²) < 4.78 is 0. The summed E-state index contributed by atoms with van der Waals surface area (Å²) in [7, 11) is 0. The van der Waals surface area contributed by atoms with Gasteiger partial charge in [-0.05, 0) is 12.0 Å². The Bertz CT molecular complexity index is 198. The van der Waals surface area contributed by atoms with E-state index in [4.69, 9.17) is 0 Å². The van der Waals surface area contributed by atoms with E-state index in [-0.39, 0.29) is 6.10 Å². The second kappa shape index (κ2) is 4.42. The van der Waals surface area contributed by atoms with Crippen molar-refractivity contribution in [3.8, 4) is 0 Å². The molecule has 0 spiro atoms. The Morgan fingerprint density at radius 1 is 1.27 bits per heavy atom. The van der Waals surface area contributed by atoms with Gasteiger partial charge in [-0.15, -0.1) is 0 Å². The van der Waals surface area contributed by atoms with Crippen LogP contribution in [-0.2, 0) is 6.42 Å². The molecular formula is C9H12OS. The fourth-order valence-electron chi connectivity index (χ4n) is 0.951. The lowest BCUT2D eigenvalue weighted by atomic mass is 10.1. The zero-order valence-electron chi connectivity index (χ0n) is 6.27. The molecule has 2 heteroatoms. The highest BCUT2D eigenvalue weighted by Crippen LogP contribution is 2.03. The van der Waals surface area contributed by atoms with Crippen molar-refractivity contribution in [2.75, 3.05) is 5.75 Å². The largest absolute Gasteiger partial charge is 0.392 e. The van der Waals surface area contributed by atoms with Crippen LogP contribution >= 0.6 is 12.6 Å². The lowest BCUT2D eigenvalue weighted by Crippen LogP contribution is -2.11. The average Bonchev–Trinajstić information content (AvgIpc) is 2.06. The fourth-order valence-corrected chi connectivity index (χ4v) is 1.08. The van der Waals surface area contributed by atoms with Gasteiger partial charge in [0.25, 0.3) is 0 Å². The maximum Gasteiger partial charge on any atom is 0.0668 e. The Morgan fingerprint density at radius 2 is 1.91 bits per heavy atom. The van der Waals surface area contributed by atoms with E-state index in [1.807, 2.05) is 30.3 Å². The molecule has 0 aliphatic heterocycles. The Hall–Kier alpha value is -0.470. The highest BCUT2D eigenvalue weighted by molar-refractivity contribution is 7.80. The van der Waals surface area contributed by atoms with Crippen molar-refractivity contribution < 1.29 is 5.11 Å². The molecule has 0 radical (unpaired) electrons. The molecule has 0 saturated heterocycles. The minimum absolute atomic E-state index is 0.319. The maximum atomic E-state index is 9.23. The lowest BCUT2D eigenvalue weighted by molar-refractivity contribution is 0.200. The summed E-state index contributed by atoms with van der Waals surface area (Å²) in [6.45, 7) is 0. The van der Waals surface area contributed by atoms with Crippen LogP contribution in [0, 0.1) is 0 Å². The van der Waals surface area contributed by atoms with Crippen LogP contribution in [0.15, 0.2) is 30.3 Å². The van der Waals surface area contributed by atoms with E-state index in [1.54, 1.807) is 0 Å². The smallest absolute Gasteiger partial charge is 0.0668 e. The molecule has 1 rings (SSSR count). The van der Waals surface area contributed by atoms with E-state index >= 15 is 0 Å². The molecule has 0 bridgehead atoms. The SMILES string of the molecule is OC(CS)Cc1ccccc1. The zero-order chi connectivity index (χ0) is 8.10. The highest BCUT2D eigenvalue weighted by Gasteiger charge is 2.00. The van der Waals surface area contributed by atoms with Crippen molar-refractivity contribution >= 4 is 12.6 Å². The molecule has 0 fully saturated rings. The van der Waals surface area contributed by atoms with Gasteiger partial charge in [-0.2, -0.15) is 12.6 Å². The van der Waals surface area contributed by atoms with Crippen molar-refractivity contribution in [2.24, 2.45) is 0 Å². The van der Waals surface area contributed by atoms with Crippen molar-refractivity contribution in [1.82, 2.24) is 0 Å². The molecule has 1 aromatic rings. The van der Waals surface area contributed by atoms with Gasteiger partial charge in [0.2, 0.25) is 0 Å². The van der Waals surface area contributed by atoms with Gasteiger partial charge < -0.3 is 5.11 Å². The van der Waals surface area contributed by atoms with Crippen LogP contribution in [0.4, 0.5) is 0 Å². The second-order valence-corrected chi connectivity index (χ2v) is 2.89. The van der Waals surface area contributed by atoms with Crippen LogP contribution in [-0.4, -0.2) is 17.0 Å². The van der Waals surface area contributed by atoms with Crippen LogP contribution in [0.25, 0.3) is 0 Å². The number of benzene rings is 1. The molecule has 0 aliphatic carbocycles. The monoisotopic (exact) mass is 168 g/mol. The van der Waals surface area contributed by atoms with Gasteiger partial charge in [0, 0.05) is 5.75 Å². The van der Waals surface area contributed by atoms with E-state index in [0.29, 0.717) is 12.2 Å². The predicted octanol–water partition coefficient (Wildman–Crippen LogP) is 1.52. The van der Waals surface area contributed by atoms with Gasteiger partial charge >= 0.3 is 0 Å². The average molecular weight is 168 g/mol. The van der Waals surface area contributed by atoms with Gasteiger partial charge in [0.1, 0.15) is 0 Å². The predicted molar refractivity (Wildman–Crippen MR) is 50.0 cm³/mol. The first-order valence-corrected chi connectivity index (χ1v) is 4.29. The molecule has 0 amide bonds. The Kier molecular flexibility index (Phi) is 3.46. The minimum atomic E-state index is -0.319. The van der Waals surface area contributed by atoms with E-state index < -0.39 is 0 Å². The summed E-state index contributed by atoms with van der Waals surface area (Å²) in [4.78, 5) is 0.